The first-order chi connectivity index (χ1) is 9.10. The van der Waals surface area contributed by atoms with Crippen molar-refractivity contribution in [3.63, 3.8) is 0 Å². The Morgan fingerprint density at radius 2 is 2.21 bits per heavy atom. The Morgan fingerprint density at radius 3 is 2.68 bits per heavy atom. The number of ether oxygens (including phenoxy) is 1. The van der Waals surface area contributed by atoms with E-state index in [1.807, 2.05) is 4.68 Å². The maximum atomic E-state index is 5.85. The van der Waals surface area contributed by atoms with Crippen molar-refractivity contribution in [2.24, 2.45) is 17.7 Å². The summed E-state index contributed by atoms with van der Waals surface area (Å²) in [6, 6.07) is 0.406. The fourth-order valence-electron chi connectivity index (χ4n) is 3.30. The zero-order valence-electron chi connectivity index (χ0n) is 12.4. The Balaban J connectivity index is 2.38. The van der Waals surface area contributed by atoms with Crippen LogP contribution < -0.4 is 16.0 Å². The van der Waals surface area contributed by atoms with Crippen LogP contribution in [-0.2, 0) is 0 Å². The smallest absolute Gasteiger partial charge is 0.161 e. The minimum Gasteiger partial charge on any atom is -0.493 e. The average Bonchev–Trinajstić information content (AvgIpc) is 2.98. The number of methoxy groups -OCH3 is 1. The van der Waals surface area contributed by atoms with E-state index in [9.17, 15) is 0 Å². The summed E-state index contributed by atoms with van der Waals surface area (Å²) in [5.74, 6) is 7.91. The van der Waals surface area contributed by atoms with E-state index in [0.717, 1.165) is 11.4 Å². The molecule has 0 saturated heterocycles. The van der Waals surface area contributed by atoms with Gasteiger partial charge in [-0.25, -0.2) is 0 Å². The molecule has 2 rings (SSSR count). The number of aromatic nitrogens is 2. The molecule has 0 bridgehead atoms. The number of nitrogens with one attached hydrogen (secondary N) is 1. The summed E-state index contributed by atoms with van der Waals surface area (Å²) >= 11 is 0. The first-order valence-corrected chi connectivity index (χ1v) is 7.17. The maximum Gasteiger partial charge on any atom is 0.161 e. The van der Waals surface area contributed by atoms with Gasteiger partial charge in [-0.05, 0) is 32.1 Å². The molecule has 1 fully saturated rings. The topological polar surface area (TPSA) is 65.1 Å². The second-order valence-electron chi connectivity index (χ2n) is 5.85. The molecule has 1 saturated carbocycles. The lowest BCUT2D eigenvalue weighted by molar-refractivity contribution is 0.276. The van der Waals surface area contributed by atoms with Crippen LogP contribution in [0.4, 0.5) is 0 Å². The lowest BCUT2D eigenvalue weighted by atomic mass is 9.88. The van der Waals surface area contributed by atoms with E-state index < -0.39 is 0 Å². The summed E-state index contributed by atoms with van der Waals surface area (Å²) in [6.45, 7) is 6.56. The van der Waals surface area contributed by atoms with Crippen molar-refractivity contribution < 1.29 is 4.74 Å². The summed E-state index contributed by atoms with van der Waals surface area (Å²) in [7, 11) is 1.69. The second kappa shape index (κ2) is 5.92. The highest BCUT2D eigenvalue weighted by Gasteiger charge is 2.35. The third kappa shape index (κ3) is 2.62. The van der Waals surface area contributed by atoms with Crippen LogP contribution in [0.15, 0.2) is 6.20 Å². The van der Waals surface area contributed by atoms with Gasteiger partial charge < -0.3 is 4.74 Å². The zero-order chi connectivity index (χ0) is 14.0. The molecule has 108 valence electrons. The minimum absolute atomic E-state index is 0.109. The number of nitrogens with zero attached hydrogens (tertiary/aromatic N) is 2. The van der Waals surface area contributed by atoms with Gasteiger partial charge in [0.05, 0.1) is 25.0 Å². The van der Waals surface area contributed by atoms with E-state index in [4.69, 9.17) is 10.6 Å². The maximum absolute atomic E-state index is 5.85. The van der Waals surface area contributed by atoms with Gasteiger partial charge in [0.15, 0.2) is 5.75 Å². The average molecular weight is 266 g/mol. The van der Waals surface area contributed by atoms with Gasteiger partial charge >= 0.3 is 0 Å². The normalized spacial score (nSPS) is 24.9. The molecule has 1 aromatic heterocycles. The third-order valence-electron chi connectivity index (χ3n) is 4.34. The molecule has 0 radical (unpaired) electrons. The summed E-state index contributed by atoms with van der Waals surface area (Å²) in [5.41, 5.74) is 4.09. The molecule has 1 aromatic rings. The SMILES string of the molecule is COc1cnn(C(C)C)c1C(NN)C1CCCC1C. The Morgan fingerprint density at radius 1 is 1.47 bits per heavy atom. The van der Waals surface area contributed by atoms with Gasteiger partial charge in [0.25, 0.3) is 0 Å². The van der Waals surface area contributed by atoms with Crippen molar-refractivity contribution >= 4 is 0 Å². The van der Waals surface area contributed by atoms with Crippen LogP contribution in [0.3, 0.4) is 0 Å². The Labute approximate surface area is 115 Å². The monoisotopic (exact) mass is 266 g/mol. The number of rotatable bonds is 5. The van der Waals surface area contributed by atoms with Crippen LogP contribution in [0.5, 0.6) is 5.75 Å². The summed E-state index contributed by atoms with van der Waals surface area (Å²) in [5, 5.41) is 4.45. The van der Waals surface area contributed by atoms with Crippen LogP contribution in [0.2, 0.25) is 0 Å². The van der Waals surface area contributed by atoms with Crippen LogP contribution >= 0.6 is 0 Å². The summed E-state index contributed by atoms with van der Waals surface area (Å²) < 4.78 is 7.50. The Bertz CT molecular complexity index is 416. The number of hydrogen-bond donors (Lipinski definition) is 2. The molecule has 19 heavy (non-hydrogen) atoms. The van der Waals surface area contributed by atoms with Gasteiger partial charge in [-0.15, -0.1) is 0 Å². The van der Waals surface area contributed by atoms with Gasteiger partial charge in [0.2, 0.25) is 0 Å². The van der Waals surface area contributed by atoms with Gasteiger partial charge in [-0.3, -0.25) is 16.0 Å². The van der Waals surface area contributed by atoms with E-state index in [2.05, 4.69) is 31.3 Å². The van der Waals surface area contributed by atoms with Gasteiger partial charge in [-0.2, -0.15) is 5.10 Å². The summed E-state index contributed by atoms with van der Waals surface area (Å²) in [4.78, 5) is 0. The lowest BCUT2D eigenvalue weighted by Crippen LogP contribution is -2.36. The fraction of sp³-hybridized carbons (Fsp3) is 0.786. The highest BCUT2D eigenvalue weighted by atomic mass is 16.5. The molecule has 0 aliphatic heterocycles. The van der Waals surface area contributed by atoms with Crippen LogP contribution in [0, 0.1) is 11.8 Å². The molecule has 3 atom stereocenters. The largest absolute Gasteiger partial charge is 0.493 e. The minimum atomic E-state index is 0.109. The first kappa shape index (κ1) is 14.3. The number of hydrazine groups is 1. The van der Waals surface area contributed by atoms with E-state index in [1.54, 1.807) is 13.3 Å². The molecular formula is C14H26N4O. The first-order valence-electron chi connectivity index (χ1n) is 7.17. The predicted molar refractivity (Wildman–Crippen MR) is 75.7 cm³/mol. The molecule has 1 heterocycles. The van der Waals surface area contributed by atoms with Crippen molar-refractivity contribution in [1.82, 2.24) is 15.2 Å². The van der Waals surface area contributed by atoms with Crippen molar-refractivity contribution in [2.45, 2.75) is 52.1 Å². The Kier molecular flexibility index (Phi) is 4.47. The molecule has 0 spiro atoms. The quantitative estimate of drug-likeness (QED) is 0.634. The molecule has 3 unspecified atom stereocenters. The van der Waals surface area contributed by atoms with Crippen molar-refractivity contribution in [2.75, 3.05) is 7.11 Å². The van der Waals surface area contributed by atoms with Crippen LogP contribution in [0.25, 0.3) is 0 Å². The van der Waals surface area contributed by atoms with E-state index >= 15 is 0 Å². The molecule has 0 amide bonds. The van der Waals surface area contributed by atoms with Crippen LogP contribution in [-0.4, -0.2) is 16.9 Å². The molecule has 0 aromatic carbocycles. The molecule has 3 N–H and O–H groups in total. The molecule has 1 aliphatic rings. The molecular weight excluding hydrogens is 240 g/mol. The van der Waals surface area contributed by atoms with Gasteiger partial charge in [0, 0.05) is 6.04 Å². The third-order valence-corrected chi connectivity index (χ3v) is 4.34. The molecule has 1 aliphatic carbocycles. The Hall–Kier alpha value is -1.07. The van der Waals surface area contributed by atoms with E-state index in [0.29, 0.717) is 17.9 Å². The standard InChI is InChI=1S/C14H26N4O/c1-9(2)18-14(12(19-4)8-16-18)13(17-15)11-7-5-6-10(11)3/h8-11,13,17H,5-7,15H2,1-4H3. The zero-order valence-corrected chi connectivity index (χ0v) is 12.4. The summed E-state index contributed by atoms with van der Waals surface area (Å²) in [6.07, 6.45) is 5.56. The van der Waals surface area contributed by atoms with Gasteiger partial charge in [-0.1, -0.05) is 19.8 Å². The fourth-order valence-corrected chi connectivity index (χ4v) is 3.30. The predicted octanol–water partition coefficient (Wildman–Crippen LogP) is 2.41. The number of nitrogens with two attached hydrogens (primary N) is 1. The van der Waals surface area contributed by atoms with Crippen LogP contribution in [0.1, 0.15) is 57.8 Å². The second-order valence-corrected chi connectivity index (χ2v) is 5.85. The van der Waals surface area contributed by atoms with Gasteiger partial charge in [0.1, 0.15) is 0 Å². The van der Waals surface area contributed by atoms with Crippen molar-refractivity contribution in [3.05, 3.63) is 11.9 Å². The molecule has 5 nitrogen and oxygen atoms in total. The van der Waals surface area contributed by atoms with E-state index in [-0.39, 0.29) is 6.04 Å². The van der Waals surface area contributed by atoms with Crippen molar-refractivity contribution in [3.8, 4) is 5.75 Å². The molecule has 5 heteroatoms. The highest BCUT2D eigenvalue weighted by molar-refractivity contribution is 5.29. The number of hydrogen-bond acceptors (Lipinski definition) is 4. The highest BCUT2D eigenvalue weighted by Crippen LogP contribution is 2.42. The van der Waals surface area contributed by atoms with E-state index in [1.165, 1.54) is 19.3 Å². The lowest BCUT2D eigenvalue weighted by Gasteiger charge is -2.28. The van der Waals surface area contributed by atoms with Crippen molar-refractivity contribution in [1.29, 1.82) is 0 Å².